The van der Waals surface area contributed by atoms with E-state index in [9.17, 15) is 0 Å². The summed E-state index contributed by atoms with van der Waals surface area (Å²) in [5.41, 5.74) is 19.4. The van der Waals surface area contributed by atoms with Crippen LogP contribution in [0.25, 0.3) is 72.0 Å². The summed E-state index contributed by atoms with van der Waals surface area (Å²) in [6.07, 6.45) is 0. The minimum Gasteiger partial charge on any atom is -0.311 e. The molecule has 0 bridgehead atoms. The second kappa shape index (κ2) is 13.9. The molecule has 0 saturated carbocycles. The lowest BCUT2D eigenvalue weighted by atomic mass is 9.81. The largest absolute Gasteiger partial charge is 0.311 e. The predicted octanol–water partition coefficient (Wildman–Crippen LogP) is 15.6. The number of para-hydroxylation sites is 2. The second-order valence-electron chi connectivity index (χ2n) is 16.2. The van der Waals surface area contributed by atoms with Crippen LogP contribution in [0.1, 0.15) is 25.0 Å². The zero-order valence-electron chi connectivity index (χ0n) is 33.2. The topological polar surface area (TPSA) is 8.17 Å². The van der Waals surface area contributed by atoms with Gasteiger partial charge in [-0.1, -0.05) is 172 Å². The lowest BCUT2D eigenvalue weighted by molar-refractivity contribution is 0.660. The minimum atomic E-state index is -0.163. The van der Waals surface area contributed by atoms with Crippen LogP contribution in [0.3, 0.4) is 0 Å². The Kier molecular flexibility index (Phi) is 8.20. The van der Waals surface area contributed by atoms with E-state index in [-0.39, 0.29) is 5.41 Å². The van der Waals surface area contributed by atoms with Crippen LogP contribution in [0, 0.1) is 0 Å². The molecule has 11 rings (SSSR count). The standard InChI is InChI=1S/C57H42N2/c1-57(2)51-22-12-9-21-50(51)56-52(57)37-44(38-55(56)59-53-23-13-10-19-48(53)49-20-11-14-24-54(49)59)43-29-35-47(36-30-43)58(45-31-25-41(26-32-45)39-15-5-3-6-16-39)46-33-27-42(28-34-46)40-17-7-4-8-18-40/h3-38H,1-2H3. The Labute approximate surface area is 345 Å². The highest BCUT2D eigenvalue weighted by Crippen LogP contribution is 2.53. The first kappa shape index (κ1) is 34.8. The molecule has 0 unspecified atom stereocenters. The van der Waals surface area contributed by atoms with Crippen molar-refractivity contribution in [1.82, 2.24) is 4.57 Å². The third-order valence-corrected chi connectivity index (χ3v) is 12.4. The summed E-state index contributed by atoms with van der Waals surface area (Å²) in [5, 5.41) is 2.54. The van der Waals surface area contributed by atoms with Crippen molar-refractivity contribution >= 4 is 38.9 Å². The fourth-order valence-electron chi connectivity index (χ4n) is 9.44. The molecule has 0 saturated heterocycles. The van der Waals surface area contributed by atoms with Gasteiger partial charge in [-0.3, -0.25) is 0 Å². The Hall–Kier alpha value is -7.42. The van der Waals surface area contributed by atoms with Gasteiger partial charge in [-0.15, -0.1) is 0 Å². The minimum absolute atomic E-state index is 0.163. The van der Waals surface area contributed by atoms with Crippen LogP contribution in [0.4, 0.5) is 17.1 Å². The van der Waals surface area contributed by atoms with Crippen LogP contribution in [-0.2, 0) is 5.41 Å². The second-order valence-corrected chi connectivity index (χ2v) is 16.2. The summed E-state index contributed by atoms with van der Waals surface area (Å²) >= 11 is 0. The molecule has 1 heterocycles. The van der Waals surface area contributed by atoms with Gasteiger partial charge in [0.05, 0.1) is 16.7 Å². The molecule has 0 spiro atoms. The lowest BCUT2D eigenvalue weighted by Gasteiger charge is -2.26. The predicted molar refractivity (Wildman–Crippen MR) is 249 cm³/mol. The van der Waals surface area contributed by atoms with Gasteiger partial charge in [0.25, 0.3) is 0 Å². The molecular weight excluding hydrogens is 713 g/mol. The summed E-state index contributed by atoms with van der Waals surface area (Å²) in [7, 11) is 0. The van der Waals surface area contributed by atoms with Crippen LogP contribution >= 0.6 is 0 Å². The van der Waals surface area contributed by atoms with Crippen molar-refractivity contribution in [2.45, 2.75) is 19.3 Å². The Balaban J connectivity index is 1.06. The van der Waals surface area contributed by atoms with Crippen LogP contribution in [0.5, 0.6) is 0 Å². The molecule has 10 aromatic rings. The fraction of sp³-hybridized carbons (Fsp3) is 0.0526. The number of benzene rings is 9. The lowest BCUT2D eigenvalue weighted by Crippen LogP contribution is -2.15. The van der Waals surface area contributed by atoms with E-state index in [4.69, 9.17) is 0 Å². The highest BCUT2D eigenvalue weighted by Gasteiger charge is 2.38. The maximum atomic E-state index is 2.50. The van der Waals surface area contributed by atoms with Gasteiger partial charge in [-0.2, -0.15) is 0 Å². The first-order valence-corrected chi connectivity index (χ1v) is 20.5. The number of hydrogen-bond donors (Lipinski definition) is 0. The van der Waals surface area contributed by atoms with Crippen molar-refractivity contribution in [3.05, 3.63) is 230 Å². The molecule has 0 fully saturated rings. The van der Waals surface area contributed by atoms with Gasteiger partial charge in [-0.05, 0) is 111 Å². The number of aromatic nitrogens is 1. The fourth-order valence-corrected chi connectivity index (χ4v) is 9.44. The first-order chi connectivity index (χ1) is 29.0. The molecule has 1 aliphatic rings. The number of anilines is 3. The van der Waals surface area contributed by atoms with Gasteiger partial charge in [-0.25, -0.2) is 0 Å². The molecule has 9 aromatic carbocycles. The van der Waals surface area contributed by atoms with E-state index in [1.807, 2.05) is 0 Å². The van der Waals surface area contributed by atoms with Crippen molar-refractivity contribution in [3.8, 4) is 50.2 Å². The van der Waals surface area contributed by atoms with Crippen molar-refractivity contribution in [3.63, 3.8) is 0 Å². The Morgan fingerprint density at radius 3 is 1.27 bits per heavy atom. The average Bonchev–Trinajstić information content (AvgIpc) is 3.76. The molecule has 280 valence electrons. The van der Waals surface area contributed by atoms with Crippen LogP contribution in [-0.4, -0.2) is 4.57 Å². The first-order valence-electron chi connectivity index (χ1n) is 20.5. The molecule has 2 heteroatoms. The van der Waals surface area contributed by atoms with E-state index in [1.165, 1.54) is 83.1 Å². The molecule has 0 amide bonds. The zero-order chi connectivity index (χ0) is 39.5. The van der Waals surface area contributed by atoms with Crippen molar-refractivity contribution < 1.29 is 0 Å². The van der Waals surface area contributed by atoms with Gasteiger partial charge >= 0.3 is 0 Å². The molecule has 0 radical (unpaired) electrons. The normalized spacial score (nSPS) is 12.7. The highest BCUT2D eigenvalue weighted by molar-refractivity contribution is 6.10. The SMILES string of the molecule is CC1(C)c2ccccc2-c2c(-n3c4ccccc4c4ccccc43)cc(-c3ccc(N(c4ccc(-c5ccccc5)cc4)c4ccc(-c5ccccc5)cc4)cc3)cc21. The van der Waals surface area contributed by atoms with Gasteiger partial charge in [0.2, 0.25) is 0 Å². The summed E-state index contributed by atoms with van der Waals surface area (Å²) in [6.45, 7) is 4.76. The molecular formula is C57H42N2. The smallest absolute Gasteiger partial charge is 0.0549 e. The molecule has 59 heavy (non-hydrogen) atoms. The van der Waals surface area contributed by atoms with Crippen LogP contribution < -0.4 is 4.90 Å². The summed E-state index contributed by atoms with van der Waals surface area (Å²) < 4.78 is 2.50. The Bertz CT molecular complexity index is 3000. The van der Waals surface area contributed by atoms with E-state index in [2.05, 4.69) is 242 Å². The van der Waals surface area contributed by atoms with Crippen LogP contribution in [0.2, 0.25) is 0 Å². The number of nitrogens with zero attached hydrogens (tertiary/aromatic N) is 2. The van der Waals surface area contributed by atoms with Crippen molar-refractivity contribution in [1.29, 1.82) is 0 Å². The van der Waals surface area contributed by atoms with Crippen molar-refractivity contribution in [2.24, 2.45) is 0 Å². The Morgan fingerprint density at radius 1 is 0.356 bits per heavy atom. The summed E-state index contributed by atoms with van der Waals surface area (Å²) in [6, 6.07) is 79.7. The monoisotopic (exact) mass is 754 g/mol. The van der Waals surface area contributed by atoms with E-state index in [0.717, 1.165) is 17.1 Å². The average molecular weight is 755 g/mol. The summed E-state index contributed by atoms with van der Waals surface area (Å²) in [5.74, 6) is 0. The third-order valence-electron chi connectivity index (χ3n) is 12.4. The van der Waals surface area contributed by atoms with Gasteiger partial charge in [0.15, 0.2) is 0 Å². The van der Waals surface area contributed by atoms with E-state index >= 15 is 0 Å². The highest BCUT2D eigenvalue weighted by atomic mass is 15.1. The molecule has 1 aromatic heterocycles. The zero-order valence-corrected chi connectivity index (χ0v) is 33.2. The van der Waals surface area contributed by atoms with Crippen LogP contribution in [0.15, 0.2) is 218 Å². The third kappa shape index (κ3) is 5.79. The van der Waals surface area contributed by atoms with Gasteiger partial charge in [0.1, 0.15) is 0 Å². The Morgan fingerprint density at radius 2 is 0.763 bits per heavy atom. The maximum absolute atomic E-state index is 2.50. The molecule has 2 nitrogen and oxygen atoms in total. The summed E-state index contributed by atoms with van der Waals surface area (Å²) in [4.78, 5) is 2.36. The van der Waals surface area contributed by atoms with E-state index in [0.29, 0.717) is 0 Å². The molecule has 0 N–H and O–H groups in total. The maximum Gasteiger partial charge on any atom is 0.0549 e. The molecule has 0 aliphatic heterocycles. The van der Waals surface area contributed by atoms with E-state index < -0.39 is 0 Å². The van der Waals surface area contributed by atoms with Gasteiger partial charge in [0, 0.05) is 38.8 Å². The van der Waals surface area contributed by atoms with E-state index in [1.54, 1.807) is 0 Å². The number of hydrogen-bond acceptors (Lipinski definition) is 1. The molecule has 1 aliphatic carbocycles. The number of fused-ring (bicyclic) bond motifs is 6. The quantitative estimate of drug-likeness (QED) is 0.157. The van der Waals surface area contributed by atoms with Gasteiger partial charge < -0.3 is 9.47 Å². The molecule has 0 atom stereocenters. The number of rotatable bonds is 7. The van der Waals surface area contributed by atoms with Crippen molar-refractivity contribution in [2.75, 3.05) is 4.90 Å².